The fraction of sp³-hybridized carbons (Fsp3) is 0. The Balaban J connectivity index is 1.16. The van der Waals surface area contributed by atoms with Crippen molar-refractivity contribution < 1.29 is 0 Å². The van der Waals surface area contributed by atoms with E-state index in [1.165, 1.54) is 0 Å². The molecule has 4 heteroatoms. The Morgan fingerprint density at radius 1 is 0.208 bits per heavy atom. The van der Waals surface area contributed by atoms with E-state index < -0.39 is 0 Å². The third-order valence-electron chi connectivity index (χ3n) is 8.34. The summed E-state index contributed by atoms with van der Waals surface area (Å²) in [6, 6.07) is 62.3. The molecule has 0 radical (unpaired) electrons. The average Bonchev–Trinajstić information content (AvgIpc) is 3.19. The van der Waals surface area contributed by atoms with Crippen molar-refractivity contribution in [2.24, 2.45) is 0 Å². The smallest absolute Gasteiger partial charge is 0.164 e. The van der Waals surface area contributed by atoms with Crippen LogP contribution < -0.4 is 0 Å². The molecule has 0 spiro atoms. The lowest BCUT2D eigenvalue weighted by Gasteiger charge is -2.12. The maximum Gasteiger partial charge on any atom is 0.164 e. The zero-order valence-corrected chi connectivity index (χ0v) is 26.1. The fourth-order valence-corrected chi connectivity index (χ4v) is 5.84. The molecular weight excluding hydrogens is 585 g/mol. The van der Waals surface area contributed by atoms with Gasteiger partial charge < -0.3 is 0 Å². The minimum absolute atomic E-state index is 0.640. The molecule has 0 aliphatic rings. The summed E-state index contributed by atoms with van der Waals surface area (Å²) in [7, 11) is 0. The SMILES string of the molecule is c1ccc(-c2cc(-c3cccc(-c4ccc(-c5nc(-c6ccccc6)nc(-c6ccccc6)n5)cc4)c3)cc(-c3ccccc3)n2)cc1. The van der Waals surface area contributed by atoms with Gasteiger partial charge in [-0.25, -0.2) is 19.9 Å². The molecule has 0 saturated heterocycles. The number of rotatable bonds is 7. The van der Waals surface area contributed by atoms with Crippen molar-refractivity contribution in [3.05, 3.63) is 182 Å². The van der Waals surface area contributed by atoms with Gasteiger partial charge in [-0.1, -0.05) is 164 Å². The Morgan fingerprint density at radius 2 is 0.542 bits per heavy atom. The minimum atomic E-state index is 0.640. The van der Waals surface area contributed by atoms with Gasteiger partial charge in [0.05, 0.1) is 11.4 Å². The Labute approximate surface area is 280 Å². The van der Waals surface area contributed by atoms with Crippen LogP contribution in [-0.4, -0.2) is 19.9 Å². The number of hydrogen-bond acceptors (Lipinski definition) is 4. The highest BCUT2D eigenvalue weighted by Crippen LogP contribution is 2.33. The van der Waals surface area contributed by atoms with Crippen LogP contribution in [0.1, 0.15) is 0 Å². The van der Waals surface area contributed by atoms with E-state index in [9.17, 15) is 0 Å². The average molecular weight is 615 g/mol. The molecule has 0 aliphatic carbocycles. The standard InChI is InChI=1S/C44H30N4/c1-5-14-32(15-6-1)40-29-39(30-41(45-40)33-16-7-2-8-17-33)38-23-13-22-37(28-38)31-24-26-36(27-25-31)44-47-42(34-18-9-3-10-19-34)46-43(48-44)35-20-11-4-12-21-35/h1-30H. The summed E-state index contributed by atoms with van der Waals surface area (Å²) in [4.78, 5) is 19.7. The Hall–Kier alpha value is -6.52. The first-order valence-corrected chi connectivity index (χ1v) is 16.0. The molecule has 4 nitrogen and oxygen atoms in total. The maximum atomic E-state index is 5.05. The lowest BCUT2D eigenvalue weighted by atomic mass is 9.96. The zero-order valence-electron chi connectivity index (χ0n) is 26.1. The summed E-state index contributed by atoms with van der Waals surface area (Å²) >= 11 is 0. The maximum absolute atomic E-state index is 5.05. The first-order chi connectivity index (χ1) is 23.8. The van der Waals surface area contributed by atoms with Gasteiger partial charge in [-0.15, -0.1) is 0 Å². The summed E-state index contributed by atoms with van der Waals surface area (Å²) in [5, 5.41) is 0. The lowest BCUT2D eigenvalue weighted by molar-refractivity contribution is 1.07. The highest BCUT2D eigenvalue weighted by molar-refractivity contribution is 5.80. The molecule has 8 aromatic rings. The van der Waals surface area contributed by atoms with E-state index in [1.807, 2.05) is 72.8 Å². The van der Waals surface area contributed by atoms with Crippen LogP contribution in [0.15, 0.2) is 182 Å². The largest absolute Gasteiger partial charge is 0.248 e. The van der Waals surface area contributed by atoms with E-state index >= 15 is 0 Å². The molecule has 8 rings (SSSR count). The Kier molecular flexibility index (Phi) is 7.87. The van der Waals surface area contributed by atoms with Crippen LogP contribution in [0.25, 0.3) is 78.9 Å². The van der Waals surface area contributed by atoms with Gasteiger partial charge >= 0.3 is 0 Å². The van der Waals surface area contributed by atoms with Gasteiger partial charge in [0.15, 0.2) is 17.5 Å². The van der Waals surface area contributed by atoms with Gasteiger partial charge in [0.1, 0.15) is 0 Å². The van der Waals surface area contributed by atoms with Crippen molar-refractivity contribution in [3.8, 4) is 78.9 Å². The van der Waals surface area contributed by atoms with Crippen molar-refractivity contribution >= 4 is 0 Å². The van der Waals surface area contributed by atoms with Crippen LogP contribution in [0.3, 0.4) is 0 Å². The second kappa shape index (κ2) is 13.1. The van der Waals surface area contributed by atoms with E-state index in [0.717, 1.165) is 61.5 Å². The number of aromatic nitrogens is 4. The van der Waals surface area contributed by atoms with Crippen LogP contribution in [0.4, 0.5) is 0 Å². The third kappa shape index (κ3) is 6.15. The van der Waals surface area contributed by atoms with E-state index in [0.29, 0.717) is 17.5 Å². The van der Waals surface area contributed by atoms with Crippen molar-refractivity contribution in [2.75, 3.05) is 0 Å². The van der Waals surface area contributed by atoms with E-state index in [-0.39, 0.29) is 0 Å². The number of hydrogen-bond donors (Lipinski definition) is 0. The predicted octanol–water partition coefficient (Wildman–Crippen LogP) is 10.9. The number of benzene rings is 6. The molecule has 0 saturated carbocycles. The topological polar surface area (TPSA) is 51.6 Å². The van der Waals surface area contributed by atoms with Crippen LogP contribution >= 0.6 is 0 Å². The van der Waals surface area contributed by atoms with Gasteiger partial charge in [-0.2, -0.15) is 0 Å². The van der Waals surface area contributed by atoms with Crippen LogP contribution in [-0.2, 0) is 0 Å². The molecule has 0 N–H and O–H groups in total. The van der Waals surface area contributed by atoms with Crippen molar-refractivity contribution in [3.63, 3.8) is 0 Å². The van der Waals surface area contributed by atoms with Crippen molar-refractivity contribution in [1.82, 2.24) is 19.9 Å². The van der Waals surface area contributed by atoms with Crippen LogP contribution in [0.5, 0.6) is 0 Å². The Morgan fingerprint density at radius 3 is 0.979 bits per heavy atom. The lowest BCUT2D eigenvalue weighted by Crippen LogP contribution is -2.00. The molecule has 2 aromatic heterocycles. The highest BCUT2D eigenvalue weighted by atomic mass is 15.0. The van der Waals surface area contributed by atoms with Crippen LogP contribution in [0.2, 0.25) is 0 Å². The van der Waals surface area contributed by atoms with Gasteiger partial charge in [0.2, 0.25) is 0 Å². The normalized spacial score (nSPS) is 10.9. The molecule has 0 aliphatic heterocycles. The predicted molar refractivity (Wildman–Crippen MR) is 196 cm³/mol. The second-order valence-electron chi connectivity index (χ2n) is 11.6. The first kappa shape index (κ1) is 28.9. The zero-order chi connectivity index (χ0) is 32.1. The monoisotopic (exact) mass is 614 g/mol. The molecule has 48 heavy (non-hydrogen) atoms. The number of nitrogens with zero attached hydrogens (tertiary/aromatic N) is 4. The molecule has 0 bridgehead atoms. The minimum Gasteiger partial charge on any atom is -0.248 e. The third-order valence-corrected chi connectivity index (χ3v) is 8.34. The summed E-state index contributed by atoms with van der Waals surface area (Å²) in [6.45, 7) is 0. The summed E-state index contributed by atoms with van der Waals surface area (Å²) < 4.78 is 0. The van der Waals surface area contributed by atoms with E-state index in [4.69, 9.17) is 19.9 Å². The molecule has 0 atom stereocenters. The fourth-order valence-electron chi connectivity index (χ4n) is 5.84. The quantitative estimate of drug-likeness (QED) is 0.179. The van der Waals surface area contributed by atoms with Gasteiger partial charge in [-0.05, 0) is 40.5 Å². The first-order valence-electron chi connectivity index (χ1n) is 16.0. The highest BCUT2D eigenvalue weighted by Gasteiger charge is 2.13. The van der Waals surface area contributed by atoms with Gasteiger partial charge in [-0.3, -0.25) is 0 Å². The molecule has 2 heterocycles. The van der Waals surface area contributed by atoms with E-state index in [2.05, 4.69) is 109 Å². The summed E-state index contributed by atoms with van der Waals surface area (Å²) in [5.74, 6) is 1.94. The van der Waals surface area contributed by atoms with Crippen molar-refractivity contribution in [1.29, 1.82) is 0 Å². The van der Waals surface area contributed by atoms with Crippen LogP contribution in [0, 0.1) is 0 Å². The molecule has 0 fully saturated rings. The van der Waals surface area contributed by atoms with Gasteiger partial charge in [0, 0.05) is 27.8 Å². The molecular formula is C44H30N4. The molecule has 6 aromatic carbocycles. The van der Waals surface area contributed by atoms with Gasteiger partial charge in [0.25, 0.3) is 0 Å². The number of pyridine rings is 1. The Bertz CT molecular complexity index is 2190. The van der Waals surface area contributed by atoms with Crippen molar-refractivity contribution in [2.45, 2.75) is 0 Å². The second-order valence-corrected chi connectivity index (χ2v) is 11.6. The molecule has 0 unspecified atom stereocenters. The molecule has 226 valence electrons. The molecule has 0 amide bonds. The summed E-state index contributed by atoms with van der Waals surface area (Å²) in [5.41, 5.74) is 11.4. The van der Waals surface area contributed by atoms with E-state index in [1.54, 1.807) is 0 Å². The summed E-state index contributed by atoms with van der Waals surface area (Å²) in [6.07, 6.45) is 0.